The Balaban J connectivity index is 1.05. The van der Waals surface area contributed by atoms with Crippen molar-refractivity contribution in [1.29, 1.82) is 0 Å². The Kier molecular flexibility index (Phi) is 6.30. The summed E-state index contributed by atoms with van der Waals surface area (Å²) < 4.78 is 0. The van der Waals surface area contributed by atoms with Gasteiger partial charge in [0.15, 0.2) is 0 Å². The molecule has 0 spiro atoms. The number of carbonyl (C=O) groups excluding carboxylic acids is 2. The van der Waals surface area contributed by atoms with Crippen molar-refractivity contribution in [2.45, 2.75) is 64.0 Å². The van der Waals surface area contributed by atoms with Gasteiger partial charge in [0.25, 0.3) is 5.91 Å². The van der Waals surface area contributed by atoms with E-state index in [2.05, 4.69) is 63.0 Å². The molecule has 4 heterocycles. The lowest BCUT2D eigenvalue weighted by Gasteiger charge is -2.41. The topological polar surface area (TPSA) is 59.7 Å². The minimum Gasteiger partial charge on any atom is -0.351 e. The standard InChI is InChI=1S/C30H36N4O2/c1-21-8-9-23-20-27(31-26(23)19-21)30(36)33-15-4-6-24(33)12-16-32-17-13-25(14-18-32)34-28-7-3-2-5-22(28)10-11-29(34)35/h2-3,5,7-9,19-20,24-25,31H,4,6,10-18H2,1H3/t24-/m0/s1. The van der Waals surface area contributed by atoms with Gasteiger partial charge in [-0.15, -0.1) is 0 Å². The van der Waals surface area contributed by atoms with Gasteiger partial charge in [-0.2, -0.15) is 0 Å². The number of nitrogens with zero attached hydrogens (tertiary/aromatic N) is 3. The molecule has 3 aliphatic rings. The molecule has 36 heavy (non-hydrogen) atoms. The van der Waals surface area contributed by atoms with E-state index in [0.717, 1.165) is 81.3 Å². The number of rotatable bonds is 5. The zero-order valence-corrected chi connectivity index (χ0v) is 21.2. The highest BCUT2D eigenvalue weighted by Crippen LogP contribution is 2.32. The number of carbonyl (C=O) groups is 2. The van der Waals surface area contributed by atoms with E-state index in [-0.39, 0.29) is 11.8 Å². The van der Waals surface area contributed by atoms with E-state index in [9.17, 15) is 9.59 Å². The van der Waals surface area contributed by atoms with E-state index in [4.69, 9.17) is 0 Å². The van der Waals surface area contributed by atoms with Crippen LogP contribution in [-0.2, 0) is 11.2 Å². The number of hydrogen-bond donors (Lipinski definition) is 1. The fraction of sp³-hybridized carbons (Fsp3) is 0.467. The molecule has 3 aliphatic heterocycles. The summed E-state index contributed by atoms with van der Waals surface area (Å²) in [5, 5.41) is 1.09. The quantitative estimate of drug-likeness (QED) is 0.560. The summed E-state index contributed by atoms with van der Waals surface area (Å²) in [6.07, 6.45) is 6.69. The number of likely N-dealkylation sites (tertiary alicyclic amines) is 2. The van der Waals surface area contributed by atoms with Crippen LogP contribution in [0.4, 0.5) is 5.69 Å². The molecule has 6 nitrogen and oxygen atoms in total. The third-order valence-electron chi connectivity index (χ3n) is 8.48. The van der Waals surface area contributed by atoms with E-state index < -0.39 is 0 Å². The Hall–Kier alpha value is -3.12. The highest BCUT2D eigenvalue weighted by molar-refractivity contribution is 5.98. The van der Waals surface area contributed by atoms with Gasteiger partial charge >= 0.3 is 0 Å². The second-order valence-corrected chi connectivity index (χ2v) is 10.8. The fourth-order valence-corrected chi connectivity index (χ4v) is 6.50. The van der Waals surface area contributed by atoms with Crippen LogP contribution in [0.25, 0.3) is 10.9 Å². The van der Waals surface area contributed by atoms with Gasteiger partial charge in [-0.3, -0.25) is 9.59 Å². The average Bonchev–Trinajstić information content (AvgIpc) is 3.54. The molecular weight excluding hydrogens is 448 g/mol. The van der Waals surface area contributed by atoms with Gasteiger partial charge in [-0.1, -0.05) is 30.3 Å². The number of aromatic nitrogens is 1. The van der Waals surface area contributed by atoms with Crippen LogP contribution in [0.15, 0.2) is 48.5 Å². The summed E-state index contributed by atoms with van der Waals surface area (Å²) >= 11 is 0. The Bertz CT molecular complexity index is 1270. The van der Waals surface area contributed by atoms with Crippen molar-refractivity contribution in [3.63, 3.8) is 0 Å². The zero-order chi connectivity index (χ0) is 24.6. The predicted octanol–water partition coefficient (Wildman–Crippen LogP) is 4.91. The number of fused-ring (bicyclic) bond motifs is 2. The first-order valence-corrected chi connectivity index (χ1v) is 13.6. The molecule has 0 aliphatic carbocycles. The van der Waals surface area contributed by atoms with Crippen molar-refractivity contribution in [3.8, 4) is 0 Å². The van der Waals surface area contributed by atoms with E-state index in [1.807, 2.05) is 12.1 Å². The van der Waals surface area contributed by atoms with Gasteiger partial charge in [-0.25, -0.2) is 0 Å². The van der Waals surface area contributed by atoms with E-state index >= 15 is 0 Å². The Morgan fingerprint density at radius 3 is 2.69 bits per heavy atom. The largest absolute Gasteiger partial charge is 0.351 e. The number of aromatic amines is 1. The Morgan fingerprint density at radius 2 is 1.83 bits per heavy atom. The molecule has 1 atom stereocenters. The number of benzene rings is 2. The number of para-hydroxylation sites is 1. The highest BCUT2D eigenvalue weighted by atomic mass is 16.2. The molecule has 6 rings (SSSR count). The van der Waals surface area contributed by atoms with Crippen molar-refractivity contribution in [1.82, 2.24) is 14.8 Å². The summed E-state index contributed by atoms with van der Waals surface area (Å²) in [6.45, 7) is 5.95. The first-order chi connectivity index (χ1) is 17.6. The molecule has 3 aromatic rings. The van der Waals surface area contributed by atoms with Crippen LogP contribution in [-0.4, -0.2) is 64.9 Å². The number of anilines is 1. The van der Waals surface area contributed by atoms with E-state index in [1.165, 1.54) is 11.1 Å². The third-order valence-corrected chi connectivity index (χ3v) is 8.48. The van der Waals surface area contributed by atoms with Gasteiger partial charge in [0.1, 0.15) is 5.69 Å². The molecule has 0 saturated carbocycles. The first kappa shape index (κ1) is 23.3. The monoisotopic (exact) mass is 484 g/mol. The smallest absolute Gasteiger partial charge is 0.270 e. The molecule has 0 bridgehead atoms. The van der Waals surface area contributed by atoms with Gasteiger partial charge < -0.3 is 19.7 Å². The van der Waals surface area contributed by atoms with Crippen LogP contribution >= 0.6 is 0 Å². The van der Waals surface area contributed by atoms with Crippen LogP contribution in [0.2, 0.25) is 0 Å². The van der Waals surface area contributed by atoms with Gasteiger partial charge in [0, 0.05) is 61.3 Å². The van der Waals surface area contributed by atoms with Crippen LogP contribution in [0.5, 0.6) is 0 Å². The second kappa shape index (κ2) is 9.74. The number of aryl methyl sites for hydroxylation is 2. The highest BCUT2D eigenvalue weighted by Gasteiger charge is 2.34. The number of piperidine rings is 1. The maximum absolute atomic E-state index is 13.4. The number of amides is 2. The molecular formula is C30H36N4O2. The van der Waals surface area contributed by atoms with Crippen LogP contribution in [0, 0.1) is 6.92 Å². The van der Waals surface area contributed by atoms with Crippen molar-refractivity contribution < 1.29 is 9.59 Å². The van der Waals surface area contributed by atoms with Gasteiger partial charge in [-0.05, 0) is 74.8 Å². The maximum atomic E-state index is 13.4. The Labute approximate surface area is 213 Å². The fourth-order valence-electron chi connectivity index (χ4n) is 6.50. The molecule has 2 aromatic carbocycles. The molecule has 0 unspecified atom stereocenters. The summed E-state index contributed by atoms with van der Waals surface area (Å²) in [4.78, 5) is 36.2. The van der Waals surface area contributed by atoms with Crippen LogP contribution < -0.4 is 4.90 Å². The zero-order valence-electron chi connectivity index (χ0n) is 21.2. The molecule has 188 valence electrons. The summed E-state index contributed by atoms with van der Waals surface area (Å²) in [5.74, 6) is 0.409. The molecule has 2 saturated heterocycles. The third kappa shape index (κ3) is 4.43. The molecule has 2 fully saturated rings. The number of H-pyrrole nitrogens is 1. The molecule has 6 heteroatoms. The maximum Gasteiger partial charge on any atom is 0.270 e. The Morgan fingerprint density at radius 1 is 1.00 bits per heavy atom. The van der Waals surface area contributed by atoms with E-state index in [1.54, 1.807) is 0 Å². The minimum absolute atomic E-state index is 0.132. The number of hydrogen-bond acceptors (Lipinski definition) is 3. The van der Waals surface area contributed by atoms with Gasteiger partial charge in [0.05, 0.1) is 0 Å². The molecule has 2 amide bonds. The normalized spacial score (nSPS) is 21.4. The van der Waals surface area contributed by atoms with Crippen LogP contribution in [0.1, 0.15) is 60.1 Å². The van der Waals surface area contributed by atoms with Gasteiger partial charge in [0.2, 0.25) is 5.91 Å². The van der Waals surface area contributed by atoms with E-state index in [0.29, 0.717) is 24.2 Å². The lowest BCUT2D eigenvalue weighted by Crippen LogP contribution is -2.49. The second-order valence-electron chi connectivity index (χ2n) is 10.8. The minimum atomic E-state index is 0.132. The van der Waals surface area contributed by atoms with Crippen molar-refractivity contribution >= 4 is 28.4 Å². The average molecular weight is 485 g/mol. The summed E-state index contributed by atoms with van der Waals surface area (Å²) in [6, 6.07) is 17.3. The summed E-state index contributed by atoms with van der Waals surface area (Å²) in [5.41, 5.74) is 5.36. The lowest BCUT2D eigenvalue weighted by atomic mass is 9.95. The van der Waals surface area contributed by atoms with Crippen molar-refractivity contribution in [3.05, 3.63) is 65.4 Å². The molecule has 0 radical (unpaired) electrons. The first-order valence-electron chi connectivity index (χ1n) is 13.6. The van der Waals surface area contributed by atoms with Crippen molar-refractivity contribution in [2.75, 3.05) is 31.1 Å². The number of nitrogens with one attached hydrogen (secondary N) is 1. The summed E-state index contributed by atoms with van der Waals surface area (Å²) in [7, 11) is 0. The molecule has 1 N–H and O–H groups in total. The SMILES string of the molecule is Cc1ccc2cc(C(=O)N3CCC[C@H]3CCN3CCC(N4C(=O)CCc5ccccc54)CC3)[nH]c2c1. The predicted molar refractivity (Wildman–Crippen MR) is 143 cm³/mol. The lowest BCUT2D eigenvalue weighted by molar-refractivity contribution is -0.119. The van der Waals surface area contributed by atoms with Crippen molar-refractivity contribution in [2.24, 2.45) is 0 Å². The molecule has 1 aromatic heterocycles. The van der Waals surface area contributed by atoms with Crippen LogP contribution in [0.3, 0.4) is 0 Å².